The number of cyclic esters (lactones) is 1. The van der Waals surface area contributed by atoms with Crippen molar-refractivity contribution < 1.29 is 9.53 Å². The Morgan fingerprint density at radius 2 is 2.21 bits per heavy atom. The fourth-order valence-corrected chi connectivity index (χ4v) is 6.62. The number of carbonyl (C=O) groups is 1. The highest BCUT2D eigenvalue weighted by Crippen LogP contribution is 2.60. The quantitative estimate of drug-likeness (QED) is 0.430. The second kappa shape index (κ2) is 6.97. The summed E-state index contributed by atoms with van der Waals surface area (Å²) < 4.78 is 5.66. The van der Waals surface area contributed by atoms with Crippen molar-refractivity contribution in [3.63, 3.8) is 0 Å². The molecule has 0 spiro atoms. The molecule has 6 atom stereocenters. The summed E-state index contributed by atoms with van der Waals surface area (Å²) in [5.74, 6) is 2.11. The van der Waals surface area contributed by atoms with E-state index in [1.54, 1.807) is 5.57 Å². The molecule has 3 aliphatic rings. The fraction of sp³-hybridized carbons (Fsp3) is 0.762. The molecule has 3 heteroatoms. The Labute approximate surface area is 155 Å². The van der Waals surface area contributed by atoms with E-state index in [4.69, 9.17) is 4.74 Å². The lowest BCUT2D eigenvalue weighted by atomic mass is 9.61. The first-order valence-corrected chi connectivity index (χ1v) is 10.5. The summed E-state index contributed by atoms with van der Waals surface area (Å²) in [6.07, 6.45) is 8.51. The summed E-state index contributed by atoms with van der Waals surface area (Å²) in [6.45, 7) is 11.0. The van der Waals surface area contributed by atoms with Gasteiger partial charge in [-0.1, -0.05) is 48.9 Å². The van der Waals surface area contributed by atoms with Gasteiger partial charge in [-0.25, -0.2) is 4.79 Å². The van der Waals surface area contributed by atoms with Crippen LogP contribution >= 0.6 is 15.9 Å². The monoisotopic (exact) mass is 394 g/mol. The number of halogens is 1. The molecule has 3 fully saturated rings. The lowest BCUT2D eigenvalue weighted by molar-refractivity contribution is -0.140. The summed E-state index contributed by atoms with van der Waals surface area (Å²) in [5, 5.41) is 0. The maximum atomic E-state index is 11.9. The van der Waals surface area contributed by atoms with Gasteiger partial charge in [0.1, 0.15) is 6.10 Å². The molecular weight excluding hydrogens is 364 g/mol. The van der Waals surface area contributed by atoms with E-state index in [0.717, 1.165) is 24.7 Å². The molecule has 1 saturated heterocycles. The molecular formula is C21H31BrO2. The SMILES string of the molecule is C=C1C(=O)O[C@@H](C[C@@H](C)[C@H]2CCC3/C(=C/Br)CCC[C@@]32C)[C@@H]1CC. The standard InChI is InChI=1S/C21H31BrO2/c1-5-16-14(3)20(23)24-19(16)11-13(2)17-8-9-18-15(12-22)7-6-10-21(17,18)4/h12-13,16-19H,3,5-11H2,1-2,4H3/b15-12+/t13-,16-,17-,18?,19+,21-/m1/s1. The van der Waals surface area contributed by atoms with Gasteiger partial charge in [-0.05, 0) is 73.1 Å². The summed E-state index contributed by atoms with van der Waals surface area (Å²) >= 11 is 3.60. The van der Waals surface area contributed by atoms with Gasteiger partial charge in [-0.15, -0.1) is 0 Å². The van der Waals surface area contributed by atoms with E-state index in [2.05, 4.69) is 48.3 Å². The molecule has 0 aromatic rings. The maximum Gasteiger partial charge on any atom is 0.334 e. The average molecular weight is 395 g/mol. The molecule has 2 saturated carbocycles. The number of allylic oxidation sites excluding steroid dienone is 1. The van der Waals surface area contributed by atoms with Crippen molar-refractivity contribution in [3.05, 3.63) is 22.7 Å². The molecule has 0 bridgehead atoms. The van der Waals surface area contributed by atoms with Crippen LogP contribution in [-0.4, -0.2) is 12.1 Å². The van der Waals surface area contributed by atoms with Gasteiger partial charge in [0.25, 0.3) is 0 Å². The number of fused-ring (bicyclic) bond motifs is 1. The van der Waals surface area contributed by atoms with Crippen LogP contribution in [-0.2, 0) is 9.53 Å². The summed E-state index contributed by atoms with van der Waals surface area (Å²) in [7, 11) is 0. The van der Waals surface area contributed by atoms with Crippen molar-refractivity contribution in [1.82, 2.24) is 0 Å². The van der Waals surface area contributed by atoms with Gasteiger partial charge in [0.15, 0.2) is 0 Å². The summed E-state index contributed by atoms with van der Waals surface area (Å²) in [4.78, 5) is 14.1. The molecule has 0 radical (unpaired) electrons. The number of hydrogen-bond acceptors (Lipinski definition) is 2. The van der Waals surface area contributed by atoms with Crippen molar-refractivity contribution in [1.29, 1.82) is 0 Å². The zero-order valence-electron chi connectivity index (χ0n) is 15.3. The van der Waals surface area contributed by atoms with Crippen molar-refractivity contribution in [2.75, 3.05) is 0 Å². The lowest BCUT2D eigenvalue weighted by Crippen LogP contribution is -2.37. The first kappa shape index (κ1) is 18.2. The number of esters is 1. The number of hydrogen-bond donors (Lipinski definition) is 0. The molecule has 2 aliphatic carbocycles. The molecule has 24 heavy (non-hydrogen) atoms. The van der Waals surface area contributed by atoms with Crippen molar-refractivity contribution in [2.45, 2.75) is 71.8 Å². The first-order chi connectivity index (χ1) is 11.4. The van der Waals surface area contributed by atoms with Crippen molar-refractivity contribution in [3.8, 4) is 0 Å². The molecule has 1 heterocycles. The van der Waals surface area contributed by atoms with Gasteiger partial charge in [0.2, 0.25) is 0 Å². The summed E-state index contributed by atoms with van der Waals surface area (Å²) in [6, 6.07) is 0. The topological polar surface area (TPSA) is 26.3 Å². The third-order valence-electron chi connectivity index (χ3n) is 7.33. The van der Waals surface area contributed by atoms with Crippen LogP contribution in [0.4, 0.5) is 0 Å². The van der Waals surface area contributed by atoms with E-state index in [0.29, 0.717) is 16.9 Å². The van der Waals surface area contributed by atoms with Crippen LogP contribution in [0.3, 0.4) is 0 Å². The predicted molar refractivity (Wildman–Crippen MR) is 102 cm³/mol. The van der Waals surface area contributed by atoms with Crippen LogP contribution in [0.1, 0.15) is 65.7 Å². The summed E-state index contributed by atoms with van der Waals surface area (Å²) in [5.41, 5.74) is 2.72. The van der Waals surface area contributed by atoms with Crippen LogP contribution in [0.5, 0.6) is 0 Å². The molecule has 1 unspecified atom stereocenters. The minimum Gasteiger partial charge on any atom is -0.458 e. The minimum absolute atomic E-state index is 0.0439. The third-order valence-corrected chi connectivity index (χ3v) is 7.91. The highest BCUT2D eigenvalue weighted by Gasteiger charge is 2.51. The molecule has 134 valence electrons. The molecule has 0 aromatic heterocycles. The van der Waals surface area contributed by atoms with E-state index >= 15 is 0 Å². The second-order valence-corrected chi connectivity index (χ2v) is 8.93. The Morgan fingerprint density at radius 1 is 1.46 bits per heavy atom. The largest absolute Gasteiger partial charge is 0.458 e. The van der Waals surface area contributed by atoms with Crippen LogP contribution in [0.15, 0.2) is 22.7 Å². The Balaban J connectivity index is 1.73. The van der Waals surface area contributed by atoms with Crippen LogP contribution in [0.2, 0.25) is 0 Å². The van der Waals surface area contributed by atoms with Gasteiger partial charge >= 0.3 is 5.97 Å². The van der Waals surface area contributed by atoms with E-state index in [1.165, 1.54) is 32.1 Å². The smallest absolute Gasteiger partial charge is 0.334 e. The minimum atomic E-state index is -0.170. The van der Waals surface area contributed by atoms with E-state index in [1.807, 2.05) is 0 Å². The van der Waals surface area contributed by atoms with Gasteiger partial charge in [-0.3, -0.25) is 0 Å². The Hall–Kier alpha value is -0.570. The highest BCUT2D eigenvalue weighted by molar-refractivity contribution is 9.11. The Morgan fingerprint density at radius 3 is 2.88 bits per heavy atom. The molecule has 1 aliphatic heterocycles. The lowest BCUT2D eigenvalue weighted by Gasteiger charge is -2.44. The number of ether oxygens (including phenoxy) is 1. The fourth-order valence-electron chi connectivity index (χ4n) is 6.07. The number of carbonyl (C=O) groups excluding carboxylic acids is 1. The highest BCUT2D eigenvalue weighted by atomic mass is 79.9. The molecule has 0 aromatic carbocycles. The van der Waals surface area contributed by atoms with E-state index in [9.17, 15) is 4.79 Å². The normalized spacial score (nSPS) is 42.2. The average Bonchev–Trinajstić information content (AvgIpc) is 3.04. The van der Waals surface area contributed by atoms with E-state index in [-0.39, 0.29) is 18.0 Å². The van der Waals surface area contributed by atoms with Crippen molar-refractivity contribution in [2.24, 2.45) is 29.1 Å². The predicted octanol–water partition coefficient (Wildman–Crippen LogP) is 6.02. The maximum absolute atomic E-state index is 11.9. The first-order valence-electron chi connectivity index (χ1n) is 9.61. The Bertz CT molecular complexity index is 552. The van der Waals surface area contributed by atoms with Gasteiger partial charge < -0.3 is 4.74 Å². The van der Waals surface area contributed by atoms with Gasteiger partial charge in [-0.2, -0.15) is 0 Å². The molecule has 0 amide bonds. The van der Waals surface area contributed by atoms with Gasteiger partial charge in [0, 0.05) is 11.5 Å². The van der Waals surface area contributed by atoms with Crippen LogP contribution < -0.4 is 0 Å². The van der Waals surface area contributed by atoms with E-state index < -0.39 is 0 Å². The number of rotatable bonds is 4. The second-order valence-electron chi connectivity index (χ2n) is 8.48. The van der Waals surface area contributed by atoms with Gasteiger partial charge in [0.05, 0.1) is 0 Å². The molecule has 0 N–H and O–H groups in total. The third kappa shape index (κ3) is 2.91. The zero-order valence-corrected chi connectivity index (χ0v) is 16.9. The Kier molecular flexibility index (Phi) is 5.30. The molecule has 2 nitrogen and oxygen atoms in total. The van der Waals surface area contributed by atoms with Crippen LogP contribution in [0.25, 0.3) is 0 Å². The van der Waals surface area contributed by atoms with Crippen LogP contribution in [0, 0.1) is 29.1 Å². The molecule has 3 rings (SSSR count). The zero-order chi connectivity index (χ0) is 17.5. The van der Waals surface area contributed by atoms with Crippen molar-refractivity contribution >= 4 is 21.9 Å².